The van der Waals surface area contributed by atoms with Gasteiger partial charge in [0.25, 0.3) is 0 Å². The van der Waals surface area contributed by atoms with E-state index in [1.54, 1.807) is 60.7 Å². The van der Waals surface area contributed by atoms with Gasteiger partial charge in [-0.15, -0.1) is 0 Å². The lowest BCUT2D eigenvalue weighted by Gasteiger charge is -2.30. The molecule has 10 heteroatoms. The molecule has 0 heterocycles. The van der Waals surface area contributed by atoms with Crippen molar-refractivity contribution < 1.29 is 30.4 Å². The number of rotatable bonds is 11. The van der Waals surface area contributed by atoms with E-state index in [1.165, 1.54) is 5.57 Å². The lowest BCUT2D eigenvalue weighted by molar-refractivity contribution is 0.355. The van der Waals surface area contributed by atoms with E-state index in [0.717, 1.165) is 25.7 Å². The molecule has 0 saturated heterocycles. The van der Waals surface area contributed by atoms with E-state index in [2.05, 4.69) is 22.2 Å². The van der Waals surface area contributed by atoms with Crippen molar-refractivity contribution in [3.63, 3.8) is 0 Å². The minimum atomic E-state index is -5.23. The Labute approximate surface area is 224 Å². The van der Waals surface area contributed by atoms with Gasteiger partial charge >= 0.3 is 0 Å². The molecule has 0 spiro atoms. The summed E-state index contributed by atoms with van der Waals surface area (Å²) in [5, 5.41) is 3.34. The smallest absolute Gasteiger partial charge is 0.247 e. The molecular weight excluding hydrogens is 535 g/mol. The summed E-state index contributed by atoms with van der Waals surface area (Å²) in [7, 11) is -5.23. The maximum Gasteiger partial charge on any atom is 0.247 e. The Morgan fingerprint density at radius 3 is 1.82 bits per heavy atom. The van der Waals surface area contributed by atoms with Gasteiger partial charge in [-0.2, -0.15) is 0 Å². The molecule has 2 N–H and O–H groups in total. The molecule has 0 fully saturated rings. The molecule has 3 aromatic rings. The van der Waals surface area contributed by atoms with Gasteiger partial charge in [0.15, 0.2) is 28.2 Å². The van der Waals surface area contributed by atoms with Crippen LogP contribution in [0, 0.1) is 29.1 Å². The molecule has 3 aromatic carbocycles. The first-order chi connectivity index (χ1) is 18.7. The van der Waals surface area contributed by atoms with E-state index in [1.807, 2.05) is 6.08 Å². The number of halogens is 5. The summed E-state index contributed by atoms with van der Waals surface area (Å²) in [4.78, 5) is -1.93. The third-order valence-corrected chi connectivity index (χ3v) is 7.97. The quantitative estimate of drug-likeness (QED) is 0.117. The minimum Gasteiger partial charge on any atom is -0.308 e. The molecule has 2 unspecified atom stereocenters. The van der Waals surface area contributed by atoms with Crippen LogP contribution in [-0.4, -0.2) is 15.0 Å². The Morgan fingerprint density at radius 1 is 0.744 bits per heavy atom. The van der Waals surface area contributed by atoms with E-state index < -0.39 is 56.1 Å². The Balaban J connectivity index is 1.70. The molecule has 0 saturated carbocycles. The fourth-order valence-corrected chi connectivity index (χ4v) is 5.93. The van der Waals surface area contributed by atoms with E-state index in [-0.39, 0.29) is 0 Å². The average Bonchev–Trinajstić information content (AvgIpc) is 2.95. The Hall–Kier alpha value is -3.34. The first kappa shape index (κ1) is 28.7. The number of hydrogen-bond donors (Lipinski definition) is 2. The summed E-state index contributed by atoms with van der Waals surface area (Å²) >= 11 is 0. The van der Waals surface area contributed by atoms with E-state index in [0.29, 0.717) is 17.7 Å². The second-order valence-electron chi connectivity index (χ2n) is 9.15. The number of nitrogens with one attached hydrogen (secondary N) is 2. The van der Waals surface area contributed by atoms with Crippen molar-refractivity contribution in [2.45, 2.75) is 42.7 Å². The molecule has 0 radical (unpaired) electrons. The van der Waals surface area contributed by atoms with Gasteiger partial charge in [-0.05, 0) is 43.4 Å². The highest BCUT2D eigenvalue weighted by Gasteiger charge is 2.37. The molecule has 206 valence electrons. The van der Waals surface area contributed by atoms with Gasteiger partial charge in [0.1, 0.15) is 0 Å². The van der Waals surface area contributed by atoms with Gasteiger partial charge in [-0.1, -0.05) is 84.5 Å². The lowest BCUT2D eigenvalue weighted by Crippen LogP contribution is -2.39. The van der Waals surface area contributed by atoms with Gasteiger partial charge in [-0.25, -0.2) is 35.1 Å². The summed E-state index contributed by atoms with van der Waals surface area (Å²) in [6.07, 6.45) is 9.67. The molecule has 39 heavy (non-hydrogen) atoms. The molecule has 0 aliphatic heterocycles. The number of hydrogen-bond acceptors (Lipinski definition) is 3. The van der Waals surface area contributed by atoms with Gasteiger partial charge in [0, 0.05) is 0 Å². The topological polar surface area (TPSA) is 58.2 Å². The highest BCUT2D eigenvalue weighted by molar-refractivity contribution is 7.89. The zero-order valence-corrected chi connectivity index (χ0v) is 21.6. The van der Waals surface area contributed by atoms with E-state index in [4.69, 9.17) is 0 Å². The summed E-state index contributed by atoms with van der Waals surface area (Å²) in [6, 6.07) is 15.1. The van der Waals surface area contributed by atoms with E-state index in [9.17, 15) is 30.4 Å². The van der Waals surface area contributed by atoms with Crippen molar-refractivity contribution in [1.29, 1.82) is 0 Å². The maximum atomic E-state index is 14.5. The van der Waals surface area contributed by atoms with Crippen LogP contribution < -0.4 is 10.0 Å². The van der Waals surface area contributed by atoms with Crippen LogP contribution in [0.15, 0.2) is 89.4 Å². The molecule has 4 nitrogen and oxygen atoms in total. The molecular formula is C29H27F5N2O2S. The van der Waals surface area contributed by atoms with Crippen molar-refractivity contribution in [2.24, 2.45) is 0 Å². The number of allylic oxidation sites excluding steroid dienone is 4. The first-order valence-corrected chi connectivity index (χ1v) is 13.9. The fraction of sp³-hybridized carbons (Fsp3) is 0.241. The molecule has 1 aliphatic carbocycles. The summed E-state index contributed by atoms with van der Waals surface area (Å²) in [5.41, 5.74) is 2.37. The standard InChI is InChI=1S/C29H27F5N2O2S/c30-22-23(31)25(33)29(26(34)24(22)32)39(37,38)36-28(21-16-8-3-9-17-21)27(20-14-6-2-7-15-20)35-18-10-13-19-11-4-1-5-12-19/h1-4,6-9,11,14-17,27-28,35-36H,5,10,12-13,18H2. The SMILES string of the molecule is O=S(=O)(NC(c1ccccc1)C(NCCCC1=CC=CCC1)c1ccccc1)c1c(F)c(F)c(F)c(F)c1F. The van der Waals surface area contributed by atoms with Gasteiger partial charge < -0.3 is 5.32 Å². The average molecular weight is 563 g/mol. The van der Waals surface area contributed by atoms with Crippen LogP contribution in [0.1, 0.15) is 48.9 Å². The van der Waals surface area contributed by atoms with Crippen LogP contribution in [0.2, 0.25) is 0 Å². The van der Waals surface area contributed by atoms with Crippen molar-refractivity contribution in [3.05, 3.63) is 125 Å². The molecule has 0 aromatic heterocycles. The van der Waals surface area contributed by atoms with Crippen molar-refractivity contribution in [1.82, 2.24) is 10.0 Å². The van der Waals surface area contributed by atoms with Crippen LogP contribution in [0.25, 0.3) is 0 Å². The Morgan fingerprint density at radius 2 is 1.28 bits per heavy atom. The van der Waals surface area contributed by atoms with Crippen molar-refractivity contribution in [2.75, 3.05) is 6.54 Å². The van der Waals surface area contributed by atoms with Crippen LogP contribution in [0.5, 0.6) is 0 Å². The second-order valence-corrected chi connectivity index (χ2v) is 10.8. The predicted molar refractivity (Wildman–Crippen MR) is 139 cm³/mol. The Kier molecular flexibility index (Phi) is 9.32. The second kappa shape index (κ2) is 12.7. The van der Waals surface area contributed by atoms with Crippen LogP contribution in [-0.2, 0) is 10.0 Å². The van der Waals surface area contributed by atoms with Gasteiger partial charge in [0.2, 0.25) is 15.8 Å². The van der Waals surface area contributed by atoms with Crippen LogP contribution in [0.3, 0.4) is 0 Å². The molecule has 0 bridgehead atoms. The normalized spacial score (nSPS) is 15.2. The third kappa shape index (κ3) is 6.63. The fourth-order valence-electron chi connectivity index (χ4n) is 4.56. The predicted octanol–water partition coefficient (Wildman–Crippen LogP) is 6.79. The van der Waals surface area contributed by atoms with Crippen molar-refractivity contribution >= 4 is 10.0 Å². The Bertz CT molecular complexity index is 1430. The van der Waals surface area contributed by atoms with Crippen LogP contribution in [0.4, 0.5) is 22.0 Å². The van der Waals surface area contributed by atoms with E-state index >= 15 is 0 Å². The summed E-state index contributed by atoms with van der Waals surface area (Å²) < 4.78 is 99.2. The summed E-state index contributed by atoms with van der Waals surface area (Å²) in [6.45, 7) is 0.466. The lowest BCUT2D eigenvalue weighted by atomic mass is 9.93. The maximum absolute atomic E-state index is 14.5. The third-order valence-electron chi connectivity index (χ3n) is 6.51. The number of sulfonamides is 1. The first-order valence-electron chi connectivity index (χ1n) is 12.4. The molecule has 2 atom stereocenters. The summed E-state index contributed by atoms with van der Waals surface area (Å²) in [5.74, 6) is -12.0. The van der Waals surface area contributed by atoms with Crippen LogP contribution >= 0.6 is 0 Å². The largest absolute Gasteiger partial charge is 0.308 e. The molecule has 4 rings (SSSR count). The number of benzene rings is 3. The monoisotopic (exact) mass is 562 g/mol. The zero-order valence-electron chi connectivity index (χ0n) is 20.8. The molecule has 0 amide bonds. The molecule has 1 aliphatic rings. The highest BCUT2D eigenvalue weighted by Crippen LogP contribution is 2.33. The highest BCUT2D eigenvalue weighted by atomic mass is 32.2. The zero-order chi connectivity index (χ0) is 28.0. The van der Waals surface area contributed by atoms with Gasteiger partial charge in [0.05, 0.1) is 12.1 Å². The van der Waals surface area contributed by atoms with Crippen molar-refractivity contribution in [3.8, 4) is 0 Å². The minimum absolute atomic E-state index is 0.423. The van der Waals surface area contributed by atoms with Gasteiger partial charge in [-0.3, -0.25) is 0 Å².